The van der Waals surface area contributed by atoms with Crippen molar-refractivity contribution < 1.29 is 13.9 Å². The Balaban J connectivity index is 3.01. The monoisotopic (exact) mass is 274 g/mol. The second-order valence-electron chi connectivity index (χ2n) is 3.10. The smallest absolute Gasteiger partial charge is 0.165 e. The number of alkyl halides is 1. The Labute approximate surface area is 96.6 Å². The van der Waals surface area contributed by atoms with Crippen LogP contribution in [0.1, 0.15) is 24.2 Å². The van der Waals surface area contributed by atoms with Crippen molar-refractivity contribution in [2.24, 2.45) is 0 Å². The molecule has 0 aliphatic carbocycles. The van der Waals surface area contributed by atoms with Gasteiger partial charge in [-0.05, 0) is 31.5 Å². The van der Waals surface area contributed by atoms with Crippen LogP contribution >= 0.6 is 15.9 Å². The van der Waals surface area contributed by atoms with Gasteiger partial charge in [-0.25, -0.2) is 4.39 Å². The number of hydrogen-bond donors (Lipinski definition) is 0. The molecule has 0 aliphatic heterocycles. The molecule has 0 aromatic heterocycles. The first-order chi connectivity index (χ1) is 7.06. The quantitative estimate of drug-likeness (QED) is 0.788. The molecule has 1 aromatic carbocycles. The van der Waals surface area contributed by atoms with Crippen molar-refractivity contribution in [3.8, 4) is 5.75 Å². The molecule has 2 nitrogen and oxygen atoms in total. The molecule has 0 aliphatic rings. The number of benzene rings is 1. The molecule has 82 valence electrons. The molecular formula is C11H12BrFO2. The number of halogens is 2. The molecule has 0 bridgehead atoms. The van der Waals surface area contributed by atoms with Crippen LogP contribution in [0, 0.1) is 5.82 Å². The summed E-state index contributed by atoms with van der Waals surface area (Å²) in [6.07, 6.45) is 0. The normalized spacial score (nSPS) is 12.3. The minimum absolute atomic E-state index is 0.0240. The maximum absolute atomic E-state index is 13.2. The fourth-order valence-electron chi connectivity index (χ4n) is 1.18. The lowest BCUT2D eigenvalue weighted by atomic mass is 10.1. The summed E-state index contributed by atoms with van der Waals surface area (Å²) in [4.78, 5) is 10.7. The van der Waals surface area contributed by atoms with E-state index in [1.165, 1.54) is 13.0 Å². The van der Waals surface area contributed by atoms with Gasteiger partial charge in [0, 0.05) is 0 Å². The largest absolute Gasteiger partial charge is 0.491 e. The molecule has 0 saturated heterocycles. The van der Waals surface area contributed by atoms with Crippen LogP contribution in [-0.2, 0) is 4.79 Å². The minimum Gasteiger partial charge on any atom is -0.491 e. The predicted molar refractivity (Wildman–Crippen MR) is 59.9 cm³/mol. The van der Waals surface area contributed by atoms with E-state index in [0.29, 0.717) is 12.2 Å². The van der Waals surface area contributed by atoms with Gasteiger partial charge < -0.3 is 4.74 Å². The summed E-state index contributed by atoms with van der Waals surface area (Å²) in [6, 6.07) is 4.41. The van der Waals surface area contributed by atoms with Gasteiger partial charge in [0.05, 0.1) is 11.4 Å². The summed E-state index contributed by atoms with van der Waals surface area (Å²) in [5, 5.41) is 0. The molecule has 0 amide bonds. The predicted octanol–water partition coefficient (Wildman–Crippen LogP) is 3.25. The van der Waals surface area contributed by atoms with Gasteiger partial charge in [0.1, 0.15) is 5.78 Å². The highest BCUT2D eigenvalue weighted by Crippen LogP contribution is 2.28. The van der Waals surface area contributed by atoms with Gasteiger partial charge in [-0.15, -0.1) is 0 Å². The molecule has 0 spiro atoms. The molecule has 0 radical (unpaired) electrons. The standard InChI is InChI=1S/C11H12BrFO2/c1-3-15-10-6-8(4-5-9(10)13)11(12)7(2)14/h4-6,11H,3H2,1-2H3. The third-order valence-electron chi connectivity index (χ3n) is 1.90. The van der Waals surface area contributed by atoms with E-state index in [-0.39, 0.29) is 11.5 Å². The van der Waals surface area contributed by atoms with Crippen molar-refractivity contribution in [1.82, 2.24) is 0 Å². The van der Waals surface area contributed by atoms with Crippen LogP contribution in [0.3, 0.4) is 0 Å². The summed E-state index contributed by atoms with van der Waals surface area (Å²) >= 11 is 3.23. The van der Waals surface area contributed by atoms with E-state index in [1.54, 1.807) is 19.1 Å². The fraction of sp³-hybridized carbons (Fsp3) is 0.364. The van der Waals surface area contributed by atoms with Crippen molar-refractivity contribution in [2.45, 2.75) is 18.7 Å². The molecule has 0 heterocycles. The number of Topliss-reactive ketones (excluding diaryl/α,β-unsaturated/α-hetero) is 1. The summed E-state index contributed by atoms with van der Waals surface area (Å²) in [5.41, 5.74) is 0.701. The average molecular weight is 275 g/mol. The lowest BCUT2D eigenvalue weighted by Crippen LogP contribution is -2.02. The zero-order valence-electron chi connectivity index (χ0n) is 8.59. The van der Waals surface area contributed by atoms with Gasteiger partial charge >= 0.3 is 0 Å². The fourth-order valence-corrected chi connectivity index (χ4v) is 1.46. The lowest BCUT2D eigenvalue weighted by molar-refractivity contribution is -0.116. The maximum Gasteiger partial charge on any atom is 0.165 e. The van der Waals surface area contributed by atoms with Crippen LogP contribution in [0.25, 0.3) is 0 Å². The first-order valence-electron chi connectivity index (χ1n) is 4.63. The van der Waals surface area contributed by atoms with E-state index in [9.17, 15) is 9.18 Å². The van der Waals surface area contributed by atoms with Crippen LogP contribution < -0.4 is 4.74 Å². The van der Waals surface area contributed by atoms with Crippen LogP contribution in [0.15, 0.2) is 18.2 Å². The highest BCUT2D eigenvalue weighted by Gasteiger charge is 2.14. The molecule has 0 N–H and O–H groups in total. The van der Waals surface area contributed by atoms with Crippen molar-refractivity contribution in [2.75, 3.05) is 6.61 Å². The highest BCUT2D eigenvalue weighted by atomic mass is 79.9. The topological polar surface area (TPSA) is 26.3 Å². The lowest BCUT2D eigenvalue weighted by Gasteiger charge is -2.09. The van der Waals surface area contributed by atoms with Gasteiger partial charge in [0.25, 0.3) is 0 Å². The van der Waals surface area contributed by atoms with Crippen LogP contribution in [0.2, 0.25) is 0 Å². The Morgan fingerprint density at radius 3 is 2.80 bits per heavy atom. The summed E-state index contributed by atoms with van der Waals surface area (Å²) in [7, 11) is 0. The van der Waals surface area contributed by atoms with Crippen molar-refractivity contribution in [3.63, 3.8) is 0 Å². The summed E-state index contributed by atoms with van der Waals surface area (Å²) in [6.45, 7) is 3.65. The Bertz CT molecular complexity index is 366. The van der Waals surface area contributed by atoms with Crippen LogP contribution in [0.5, 0.6) is 5.75 Å². The molecule has 15 heavy (non-hydrogen) atoms. The van der Waals surface area contributed by atoms with E-state index in [4.69, 9.17) is 4.74 Å². The first-order valence-corrected chi connectivity index (χ1v) is 5.54. The first kappa shape index (κ1) is 12.2. The Kier molecular flexibility index (Phi) is 4.27. The van der Waals surface area contributed by atoms with E-state index >= 15 is 0 Å². The zero-order chi connectivity index (χ0) is 11.4. The van der Waals surface area contributed by atoms with Gasteiger partial charge in [0.15, 0.2) is 11.6 Å². The zero-order valence-corrected chi connectivity index (χ0v) is 10.2. The Morgan fingerprint density at radius 1 is 1.60 bits per heavy atom. The molecule has 0 fully saturated rings. The minimum atomic E-state index is -0.413. The van der Waals surface area contributed by atoms with Gasteiger partial charge in [-0.1, -0.05) is 22.0 Å². The number of rotatable bonds is 4. The molecule has 0 saturated carbocycles. The van der Waals surface area contributed by atoms with E-state index in [2.05, 4.69) is 15.9 Å². The molecule has 1 aromatic rings. The number of ketones is 1. The van der Waals surface area contributed by atoms with Gasteiger partial charge in [0.2, 0.25) is 0 Å². The average Bonchev–Trinajstić information content (AvgIpc) is 2.20. The molecule has 1 unspecified atom stereocenters. The van der Waals surface area contributed by atoms with E-state index in [1.807, 2.05) is 0 Å². The second-order valence-corrected chi connectivity index (χ2v) is 4.01. The van der Waals surface area contributed by atoms with Gasteiger partial charge in [-0.2, -0.15) is 0 Å². The number of carbonyl (C=O) groups is 1. The molecule has 4 heteroatoms. The van der Waals surface area contributed by atoms with Gasteiger partial charge in [-0.3, -0.25) is 4.79 Å². The summed E-state index contributed by atoms with van der Waals surface area (Å²) in [5.74, 6) is -0.256. The number of ether oxygens (including phenoxy) is 1. The molecular weight excluding hydrogens is 263 g/mol. The Hall–Kier alpha value is -0.900. The maximum atomic E-state index is 13.2. The molecule has 1 rings (SSSR count). The van der Waals surface area contributed by atoms with Crippen molar-refractivity contribution >= 4 is 21.7 Å². The third kappa shape index (κ3) is 3.02. The summed E-state index contributed by atoms with van der Waals surface area (Å²) < 4.78 is 18.3. The van der Waals surface area contributed by atoms with Crippen LogP contribution in [-0.4, -0.2) is 12.4 Å². The highest BCUT2D eigenvalue weighted by molar-refractivity contribution is 9.09. The SMILES string of the molecule is CCOc1cc(C(Br)C(C)=O)ccc1F. The van der Waals surface area contributed by atoms with Crippen molar-refractivity contribution in [3.05, 3.63) is 29.6 Å². The molecule has 1 atom stereocenters. The number of hydrogen-bond acceptors (Lipinski definition) is 2. The van der Waals surface area contributed by atoms with Crippen LogP contribution in [0.4, 0.5) is 4.39 Å². The van der Waals surface area contributed by atoms with E-state index in [0.717, 1.165) is 0 Å². The number of carbonyl (C=O) groups excluding carboxylic acids is 1. The van der Waals surface area contributed by atoms with E-state index < -0.39 is 10.6 Å². The van der Waals surface area contributed by atoms with Crippen molar-refractivity contribution in [1.29, 1.82) is 0 Å². The Morgan fingerprint density at radius 2 is 2.27 bits per heavy atom. The third-order valence-corrected chi connectivity index (χ3v) is 3.08. The second kappa shape index (κ2) is 5.26.